The molecule has 0 aliphatic rings. The van der Waals surface area contributed by atoms with Gasteiger partial charge in [0.1, 0.15) is 5.69 Å². The number of nitrogens with zero attached hydrogens (tertiary/aromatic N) is 2. The third-order valence-corrected chi connectivity index (χ3v) is 2.55. The van der Waals surface area contributed by atoms with E-state index in [1.54, 1.807) is 12.1 Å². The van der Waals surface area contributed by atoms with Crippen LogP contribution in [0, 0.1) is 0 Å². The summed E-state index contributed by atoms with van der Waals surface area (Å²) in [6, 6.07) is 5.24. The van der Waals surface area contributed by atoms with E-state index >= 15 is 0 Å². The Hall–Kier alpha value is -1.26. The Labute approximate surface area is 95.9 Å². The summed E-state index contributed by atoms with van der Waals surface area (Å²) < 4.78 is 4.49. The van der Waals surface area contributed by atoms with Crippen molar-refractivity contribution in [2.24, 2.45) is 0 Å². The second-order valence-corrected chi connectivity index (χ2v) is 3.85. The molecule has 0 bridgehead atoms. The fourth-order valence-corrected chi connectivity index (χ4v) is 1.66. The van der Waals surface area contributed by atoms with Crippen LogP contribution in [0.3, 0.4) is 0 Å². The summed E-state index contributed by atoms with van der Waals surface area (Å²) in [6.07, 6.45) is 0.478. The van der Waals surface area contributed by atoms with Gasteiger partial charge in [0.2, 0.25) is 0 Å². The number of hydrogen-bond acceptors (Lipinski definition) is 4. The van der Waals surface area contributed by atoms with Gasteiger partial charge in [-0.25, -0.2) is 4.63 Å². The zero-order chi connectivity index (χ0) is 10.8. The Morgan fingerprint density at radius 2 is 2.07 bits per heavy atom. The standard InChI is InChI=1S/C9H7Cl2N3O/c10-6-2-1-5(7(11)4-6)3-8-9(12)14-15-13-8/h1-2,4H,3H2,(H2,12,14). The third kappa shape index (κ3) is 2.22. The molecule has 1 heterocycles. The second-order valence-electron chi connectivity index (χ2n) is 3.01. The predicted octanol–water partition coefficient (Wildman–Crippen LogP) is 2.55. The summed E-state index contributed by atoms with van der Waals surface area (Å²) in [6.45, 7) is 0. The second kappa shape index (κ2) is 4.08. The van der Waals surface area contributed by atoms with Gasteiger partial charge in [0.25, 0.3) is 0 Å². The van der Waals surface area contributed by atoms with Gasteiger partial charge in [-0.2, -0.15) is 0 Å². The SMILES string of the molecule is Nc1nonc1Cc1ccc(Cl)cc1Cl. The highest BCUT2D eigenvalue weighted by Gasteiger charge is 2.09. The summed E-state index contributed by atoms with van der Waals surface area (Å²) >= 11 is 11.8. The molecule has 2 aromatic rings. The van der Waals surface area contributed by atoms with Crippen molar-refractivity contribution in [3.8, 4) is 0 Å². The van der Waals surface area contributed by atoms with Crippen LogP contribution < -0.4 is 5.73 Å². The zero-order valence-corrected chi connectivity index (χ0v) is 9.09. The maximum absolute atomic E-state index is 5.99. The molecular formula is C9H7Cl2N3O. The van der Waals surface area contributed by atoms with E-state index in [0.717, 1.165) is 5.56 Å². The summed E-state index contributed by atoms with van der Waals surface area (Å²) in [5, 5.41) is 8.32. The highest BCUT2D eigenvalue weighted by Crippen LogP contribution is 2.23. The molecule has 0 aliphatic heterocycles. The van der Waals surface area contributed by atoms with Crippen molar-refractivity contribution < 1.29 is 4.63 Å². The Bertz CT molecular complexity index is 484. The molecule has 2 N–H and O–H groups in total. The number of benzene rings is 1. The molecule has 0 saturated heterocycles. The van der Waals surface area contributed by atoms with E-state index in [1.807, 2.05) is 6.07 Å². The van der Waals surface area contributed by atoms with Crippen LogP contribution in [0.15, 0.2) is 22.8 Å². The van der Waals surface area contributed by atoms with Crippen molar-refractivity contribution in [3.05, 3.63) is 39.5 Å². The average molecular weight is 244 g/mol. The molecule has 0 spiro atoms. The summed E-state index contributed by atoms with van der Waals surface area (Å²) in [7, 11) is 0. The lowest BCUT2D eigenvalue weighted by Crippen LogP contribution is -1.95. The minimum absolute atomic E-state index is 0.279. The number of aromatic nitrogens is 2. The lowest BCUT2D eigenvalue weighted by Gasteiger charge is -2.01. The van der Waals surface area contributed by atoms with Crippen LogP contribution in [0.2, 0.25) is 10.0 Å². The van der Waals surface area contributed by atoms with Crippen LogP contribution in [-0.4, -0.2) is 10.3 Å². The first kappa shape index (κ1) is 10.3. The quantitative estimate of drug-likeness (QED) is 0.881. The summed E-state index contributed by atoms with van der Waals surface area (Å²) in [4.78, 5) is 0. The van der Waals surface area contributed by atoms with Crippen LogP contribution in [0.25, 0.3) is 0 Å². The van der Waals surface area contributed by atoms with E-state index in [0.29, 0.717) is 22.2 Å². The van der Waals surface area contributed by atoms with Gasteiger partial charge in [-0.05, 0) is 22.9 Å². The zero-order valence-electron chi connectivity index (χ0n) is 7.58. The molecule has 15 heavy (non-hydrogen) atoms. The van der Waals surface area contributed by atoms with Crippen molar-refractivity contribution in [1.82, 2.24) is 10.3 Å². The molecule has 0 atom stereocenters. The number of halogens is 2. The Morgan fingerprint density at radius 1 is 1.27 bits per heavy atom. The first-order valence-corrected chi connectivity index (χ1v) is 4.93. The van der Waals surface area contributed by atoms with Gasteiger partial charge in [0, 0.05) is 16.5 Å². The molecule has 0 aliphatic carbocycles. The molecule has 4 nitrogen and oxygen atoms in total. The van der Waals surface area contributed by atoms with Crippen molar-refractivity contribution in [2.45, 2.75) is 6.42 Å². The monoisotopic (exact) mass is 243 g/mol. The number of nitrogen functional groups attached to an aromatic ring is 1. The largest absolute Gasteiger partial charge is 0.379 e. The van der Waals surface area contributed by atoms with Gasteiger partial charge in [-0.1, -0.05) is 34.4 Å². The molecule has 0 saturated carbocycles. The minimum atomic E-state index is 0.279. The fraction of sp³-hybridized carbons (Fsp3) is 0.111. The number of hydrogen-bond donors (Lipinski definition) is 1. The normalized spacial score (nSPS) is 10.5. The van der Waals surface area contributed by atoms with E-state index in [-0.39, 0.29) is 5.82 Å². The number of nitrogens with two attached hydrogens (primary N) is 1. The smallest absolute Gasteiger partial charge is 0.191 e. The van der Waals surface area contributed by atoms with Crippen molar-refractivity contribution >= 4 is 29.0 Å². The molecule has 6 heteroatoms. The lowest BCUT2D eigenvalue weighted by atomic mass is 10.1. The Balaban J connectivity index is 2.29. The lowest BCUT2D eigenvalue weighted by molar-refractivity contribution is 0.305. The average Bonchev–Trinajstić information content (AvgIpc) is 2.57. The predicted molar refractivity (Wildman–Crippen MR) is 58.0 cm³/mol. The topological polar surface area (TPSA) is 64.9 Å². The molecule has 2 rings (SSSR count). The van der Waals surface area contributed by atoms with Crippen molar-refractivity contribution in [3.63, 3.8) is 0 Å². The van der Waals surface area contributed by atoms with Gasteiger partial charge in [-0.3, -0.25) is 0 Å². The molecule has 0 radical (unpaired) electrons. The maximum Gasteiger partial charge on any atom is 0.191 e. The maximum atomic E-state index is 5.99. The van der Waals surface area contributed by atoms with Crippen LogP contribution in [0.1, 0.15) is 11.3 Å². The van der Waals surface area contributed by atoms with E-state index in [1.165, 1.54) is 0 Å². The molecule has 78 valence electrons. The molecule has 1 aromatic heterocycles. The molecular weight excluding hydrogens is 237 g/mol. The first-order valence-electron chi connectivity index (χ1n) is 4.17. The van der Waals surface area contributed by atoms with Crippen LogP contribution in [0.4, 0.5) is 5.82 Å². The van der Waals surface area contributed by atoms with E-state index in [4.69, 9.17) is 28.9 Å². The summed E-state index contributed by atoms with van der Waals surface area (Å²) in [5.41, 5.74) is 6.98. The minimum Gasteiger partial charge on any atom is -0.379 e. The van der Waals surface area contributed by atoms with E-state index < -0.39 is 0 Å². The number of anilines is 1. The Kier molecular flexibility index (Phi) is 2.79. The highest BCUT2D eigenvalue weighted by atomic mass is 35.5. The van der Waals surface area contributed by atoms with Gasteiger partial charge in [0.05, 0.1) is 0 Å². The first-order chi connectivity index (χ1) is 7.16. The molecule has 0 fully saturated rings. The van der Waals surface area contributed by atoms with E-state index in [2.05, 4.69) is 14.9 Å². The van der Waals surface area contributed by atoms with Gasteiger partial charge in [-0.15, -0.1) is 0 Å². The molecule has 0 amide bonds. The van der Waals surface area contributed by atoms with Crippen LogP contribution in [0.5, 0.6) is 0 Å². The fourth-order valence-electron chi connectivity index (χ4n) is 1.18. The van der Waals surface area contributed by atoms with Crippen LogP contribution in [-0.2, 0) is 6.42 Å². The van der Waals surface area contributed by atoms with Crippen molar-refractivity contribution in [1.29, 1.82) is 0 Å². The number of rotatable bonds is 2. The van der Waals surface area contributed by atoms with E-state index in [9.17, 15) is 0 Å². The summed E-state index contributed by atoms with van der Waals surface area (Å²) in [5.74, 6) is 0.279. The highest BCUT2D eigenvalue weighted by molar-refractivity contribution is 6.35. The van der Waals surface area contributed by atoms with Crippen LogP contribution >= 0.6 is 23.2 Å². The molecule has 1 aromatic carbocycles. The van der Waals surface area contributed by atoms with Gasteiger partial charge < -0.3 is 5.73 Å². The molecule has 0 unspecified atom stereocenters. The van der Waals surface area contributed by atoms with Gasteiger partial charge in [0.15, 0.2) is 5.82 Å². The van der Waals surface area contributed by atoms with Gasteiger partial charge >= 0.3 is 0 Å². The Morgan fingerprint density at radius 3 is 2.67 bits per heavy atom. The third-order valence-electron chi connectivity index (χ3n) is 1.96. The van der Waals surface area contributed by atoms with Crippen molar-refractivity contribution in [2.75, 3.05) is 5.73 Å².